The SMILES string of the molecule is CC[C@@H](C)NC(=O)[C@H](C)N(Cc1ccc(C)cc1)C(=O)CSCc1cccc(C)c1. The van der Waals surface area contributed by atoms with Gasteiger partial charge in [-0.3, -0.25) is 9.59 Å². The maximum atomic E-state index is 13.1. The summed E-state index contributed by atoms with van der Waals surface area (Å²) in [5, 5.41) is 3.01. The Labute approximate surface area is 185 Å². The molecule has 0 bridgehead atoms. The highest BCUT2D eigenvalue weighted by Gasteiger charge is 2.26. The molecule has 2 rings (SSSR count). The number of amides is 2. The largest absolute Gasteiger partial charge is 0.352 e. The van der Waals surface area contributed by atoms with Gasteiger partial charge in [-0.1, -0.05) is 66.6 Å². The summed E-state index contributed by atoms with van der Waals surface area (Å²) in [5.74, 6) is 1.01. The highest BCUT2D eigenvalue weighted by atomic mass is 32.2. The molecule has 0 aromatic heterocycles. The van der Waals surface area contributed by atoms with Crippen LogP contribution in [0.4, 0.5) is 0 Å². The average Bonchev–Trinajstić information content (AvgIpc) is 2.72. The summed E-state index contributed by atoms with van der Waals surface area (Å²) in [4.78, 5) is 27.5. The van der Waals surface area contributed by atoms with Crippen molar-refractivity contribution < 1.29 is 9.59 Å². The Hall–Kier alpha value is -2.27. The molecule has 2 atom stereocenters. The maximum absolute atomic E-state index is 13.1. The van der Waals surface area contributed by atoms with Crippen LogP contribution in [0.1, 0.15) is 49.4 Å². The number of carbonyl (C=O) groups excluding carboxylic acids is 2. The normalized spacial score (nSPS) is 12.8. The number of nitrogens with one attached hydrogen (secondary N) is 1. The molecule has 2 amide bonds. The Morgan fingerprint density at radius 1 is 1.00 bits per heavy atom. The van der Waals surface area contributed by atoms with E-state index in [9.17, 15) is 9.59 Å². The molecule has 2 aromatic carbocycles. The summed E-state index contributed by atoms with van der Waals surface area (Å²) in [5.41, 5.74) is 4.63. The van der Waals surface area contributed by atoms with E-state index < -0.39 is 6.04 Å². The summed E-state index contributed by atoms with van der Waals surface area (Å²) in [6.07, 6.45) is 0.858. The number of benzene rings is 2. The van der Waals surface area contributed by atoms with Crippen LogP contribution in [-0.2, 0) is 21.9 Å². The van der Waals surface area contributed by atoms with Crippen LogP contribution in [0.3, 0.4) is 0 Å². The van der Waals surface area contributed by atoms with Crippen LogP contribution in [-0.4, -0.2) is 34.6 Å². The molecule has 162 valence electrons. The molecule has 0 aliphatic heterocycles. The third-order valence-corrected chi connectivity index (χ3v) is 6.21. The lowest BCUT2D eigenvalue weighted by Gasteiger charge is -2.29. The molecule has 0 spiro atoms. The van der Waals surface area contributed by atoms with Crippen LogP contribution >= 0.6 is 11.8 Å². The molecule has 0 unspecified atom stereocenters. The number of aryl methyl sites for hydroxylation is 2. The van der Waals surface area contributed by atoms with Gasteiger partial charge in [0.15, 0.2) is 0 Å². The molecule has 2 aromatic rings. The molecule has 0 heterocycles. The molecule has 4 nitrogen and oxygen atoms in total. The molecular weight excluding hydrogens is 392 g/mol. The van der Waals surface area contributed by atoms with Crippen molar-refractivity contribution in [3.8, 4) is 0 Å². The first-order valence-corrected chi connectivity index (χ1v) is 11.7. The van der Waals surface area contributed by atoms with Crippen molar-refractivity contribution in [2.75, 3.05) is 5.75 Å². The lowest BCUT2D eigenvalue weighted by molar-refractivity contribution is -0.138. The molecule has 0 aliphatic rings. The van der Waals surface area contributed by atoms with E-state index in [2.05, 4.69) is 30.4 Å². The van der Waals surface area contributed by atoms with Crippen molar-refractivity contribution in [3.63, 3.8) is 0 Å². The minimum absolute atomic E-state index is 0.0139. The second kappa shape index (κ2) is 11.8. The second-order valence-electron chi connectivity index (χ2n) is 7.98. The number of hydrogen-bond acceptors (Lipinski definition) is 3. The standard InChI is InChI=1S/C25H34N2O2S/c1-6-20(4)26-25(29)21(5)27(15-22-12-10-18(2)11-13-22)24(28)17-30-16-23-9-7-8-19(3)14-23/h7-14,20-21H,6,15-17H2,1-5H3,(H,26,29)/t20-,21+/m1/s1. The van der Waals surface area contributed by atoms with Crippen molar-refractivity contribution in [2.45, 2.75) is 65.4 Å². The smallest absolute Gasteiger partial charge is 0.242 e. The van der Waals surface area contributed by atoms with Crippen molar-refractivity contribution in [2.24, 2.45) is 0 Å². The first-order valence-electron chi connectivity index (χ1n) is 10.6. The summed E-state index contributed by atoms with van der Waals surface area (Å²) in [7, 11) is 0. The van der Waals surface area contributed by atoms with Gasteiger partial charge in [0.1, 0.15) is 6.04 Å². The Kier molecular flexibility index (Phi) is 9.44. The predicted molar refractivity (Wildman–Crippen MR) is 126 cm³/mol. The third kappa shape index (κ3) is 7.52. The predicted octanol–water partition coefficient (Wildman–Crippen LogP) is 4.87. The highest BCUT2D eigenvalue weighted by molar-refractivity contribution is 7.99. The Balaban J connectivity index is 2.07. The fraction of sp³-hybridized carbons (Fsp3) is 0.440. The van der Waals surface area contributed by atoms with E-state index in [0.29, 0.717) is 12.3 Å². The van der Waals surface area contributed by atoms with Crippen molar-refractivity contribution >= 4 is 23.6 Å². The molecule has 0 radical (unpaired) electrons. The van der Waals surface area contributed by atoms with Gasteiger partial charge in [0.05, 0.1) is 5.75 Å². The maximum Gasteiger partial charge on any atom is 0.242 e. The summed E-state index contributed by atoms with van der Waals surface area (Å²) < 4.78 is 0. The van der Waals surface area contributed by atoms with Gasteiger partial charge in [-0.15, -0.1) is 11.8 Å². The van der Waals surface area contributed by atoms with Crippen molar-refractivity contribution in [1.82, 2.24) is 10.2 Å². The van der Waals surface area contributed by atoms with Crippen LogP contribution in [0.25, 0.3) is 0 Å². The van der Waals surface area contributed by atoms with Crippen LogP contribution < -0.4 is 5.32 Å². The lowest BCUT2D eigenvalue weighted by atomic mass is 10.1. The summed E-state index contributed by atoms with van der Waals surface area (Å²) >= 11 is 1.59. The Morgan fingerprint density at radius 3 is 2.33 bits per heavy atom. The molecule has 1 N–H and O–H groups in total. The molecule has 0 fully saturated rings. The van der Waals surface area contributed by atoms with Crippen LogP contribution in [0.5, 0.6) is 0 Å². The van der Waals surface area contributed by atoms with E-state index in [1.165, 1.54) is 16.7 Å². The van der Waals surface area contributed by atoms with E-state index in [-0.39, 0.29) is 17.9 Å². The number of hydrogen-bond donors (Lipinski definition) is 1. The van der Waals surface area contributed by atoms with Gasteiger partial charge in [-0.05, 0) is 45.2 Å². The summed E-state index contributed by atoms with van der Waals surface area (Å²) in [6, 6.07) is 16.0. The minimum atomic E-state index is -0.521. The monoisotopic (exact) mass is 426 g/mol. The third-order valence-electron chi connectivity index (χ3n) is 5.22. The molecule has 30 heavy (non-hydrogen) atoms. The number of nitrogens with zero attached hydrogens (tertiary/aromatic N) is 1. The number of thioether (sulfide) groups is 1. The fourth-order valence-corrected chi connectivity index (χ4v) is 3.94. The number of rotatable bonds is 10. The van der Waals surface area contributed by atoms with Crippen molar-refractivity contribution in [3.05, 3.63) is 70.8 Å². The average molecular weight is 427 g/mol. The van der Waals surface area contributed by atoms with E-state index in [1.54, 1.807) is 16.7 Å². The molecular formula is C25H34N2O2S. The topological polar surface area (TPSA) is 49.4 Å². The van der Waals surface area contributed by atoms with Crippen LogP contribution in [0.2, 0.25) is 0 Å². The molecule has 0 aliphatic carbocycles. The summed E-state index contributed by atoms with van der Waals surface area (Å²) in [6.45, 7) is 10.4. The zero-order valence-corrected chi connectivity index (χ0v) is 19.6. The lowest BCUT2D eigenvalue weighted by Crippen LogP contribution is -2.50. The Bertz CT molecular complexity index is 835. The van der Waals surface area contributed by atoms with Gasteiger partial charge < -0.3 is 10.2 Å². The fourth-order valence-electron chi connectivity index (χ4n) is 3.08. The molecule has 0 saturated carbocycles. The van der Waals surface area contributed by atoms with Gasteiger partial charge in [0.2, 0.25) is 11.8 Å². The minimum Gasteiger partial charge on any atom is -0.352 e. The van der Waals surface area contributed by atoms with E-state index in [0.717, 1.165) is 17.7 Å². The van der Waals surface area contributed by atoms with Gasteiger partial charge in [0.25, 0.3) is 0 Å². The first kappa shape index (κ1) is 24.0. The zero-order chi connectivity index (χ0) is 22.1. The quantitative estimate of drug-likeness (QED) is 0.590. The van der Waals surface area contributed by atoms with Gasteiger partial charge in [-0.25, -0.2) is 0 Å². The highest BCUT2D eigenvalue weighted by Crippen LogP contribution is 2.17. The van der Waals surface area contributed by atoms with E-state index >= 15 is 0 Å². The van der Waals surface area contributed by atoms with Crippen LogP contribution in [0.15, 0.2) is 48.5 Å². The van der Waals surface area contributed by atoms with Crippen LogP contribution in [0, 0.1) is 13.8 Å². The second-order valence-corrected chi connectivity index (χ2v) is 8.97. The van der Waals surface area contributed by atoms with Gasteiger partial charge in [0, 0.05) is 18.3 Å². The van der Waals surface area contributed by atoms with Gasteiger partial charge >= 0.3 is 0 Å². The van der Waals surface area contributed by atoms with Crippen molar-refractivity contribution in [1.29, 1.82) is 0 Å². The molecule has 5 heteroatoms. The zero-order valence-electron chi connectivity index (χ0n) is 18.8. The van der Waals surface area contributed by atoms with Gasteiger partial charge in [-0.2, -0.15) is 0 Å². The Morgan fingerprint density at radius 2 is 1.70 bits per heavy atom. The number of carbonyl (C=O) groups is 2. The first-order chi connectivity index (χ1) is 14.3. The molecule has 0 saturated heterocycles. The van der Waals surface area contributed by atoms with E-state index in [4.69, 9.17) is 0 Å². The van der Waals surface area contributed by atoms with E-state index in [1.807, 2.05) is 58.0 Å².